The Bertz CT molecular complexity index is 1220. The number of amides is 1. The summed E-state index contributed by atoms with van der Waals surface area (Å²) in [4.78, 5) is 31.1. The van der Waals surface area contributed by atoms with Crippen LogP contribution in [-0.4, -0.2) is 23.8 Å². The van der Waals surface area contributed by atoms with E-state index in [2.05, 4.69) is 4.98 Å². The molecular weight excluding hydrogens is 424 g/mol. The molecule has 0 N–H and O–H groups in total. The number of carbonyl (C=O) groups is 2. The zero-order valence-electron chi connectivity index (χ0n) is 16.2. The topological polar surface area (TPSA) is 72.6 Å². The van der Waals surface area contributed by atoms with Crippen molar-refractivity contribution in [2.45, 2.75) is 13.5 Å². The molecule has 0 atom stereocenters. The molecule has 0 saturated carbocycles. The van der Waals surface area contributed by atoms with Crippen molar-refractivity contribution >= 4 is 50.0 Å². The van der Waals surface area contributed by atoms with Crippen molar-refractivity contribution in [2.24, 2.45) is 0 Å². The van der Waals surface area contributed by atoms with E-state index in [0.29, 0.717) is 38.3 Å². The first-order chi connectivity index (χ1) is 14.5. The molecule has 152 valence electrons. The molecule has 0 radical (unpaired) electrons. The Morgan fingerprint density at radius 3 is 2.50 bits per heavy atom. The van der Waals surface area contributed by atoms with E-state index < -0.39 is 0 Å². The van der Waals surface area contributed by atoms with Crippen molar-refractivity contribution in [3.05, 3.63) is 76.7 Å². The first-order valence-electron chi connectivity index (χ1n) is 9.06. The van der Waals surface area contributed by atoms with Gasteiger partial charge in [-0.2, -0.15) is 0 Å². The number of fused-ring (bicyclic) bond motifs is 1. The Kier molecular flexibility index (Phi) is 5.57. The van der Waals surface area contributed by atoms with Crippen LogP contribution < -0.4 is 9.64 Å². The number of carbonyl (C=O) groups excluding carboxylic acids is 2. The summed E-state index contributed by atoms with van der Waals surface area (Å²) in [7, 11) is 1.56. The van der Waals surface area contributed by atoms with Gasteiger partial charge in [-0.25, -0.2) is 4.98 Å². The van der Waals surface area contributed by atoms with Gasteiger partial charge in [0.05, 0.1) is 29.6 Å². The average Bonchev–Trinajstić information content (AvgIpc) is 3.42. The third kappa shape index (κ3) is 3.81. The number of aromatic nitrogens is 1. The van der Waals surface area contributed by atoms with Crippen LogP contribution in [-0.2, 0) is 6.54 Å². The standard InChI is InChI=1S/C22H17ClN2O4S/c1-13(26)14-5-7-15(8-6-14)21(27)25(12-16-4-3-11-29-16)22-24-19-18(28-2)10-9-17(23)20(19)30-22/h3-11H,12H2,1-2H3. The lowest BCUT2D eigenvalue weighted by molar-refractivity contribution is 0.0979. The van der Waals surface area contributed by atoms with E-state index in [-0.39, 0.29) is 18.2 Å². The maximum Gasteiger partial charge on any atom is 0.260 e. The van der Waals surface area contributed by atoms with E-state index in [1.54, 1.807) is 61.9 Å². The Hall–Kier alpha value is -3.16. The number of ether oxygens (including phenoxy) is 1. The third-order valence-electron chi connectivity index (χ3n) is 4.58. The fourth-order valence-corrected chi connectivity index (χ4v) is 4.26. The van der Waals surface area contributed by atoms with Crippen molar-refractivity contribution < 1.29 is 18.7 Å². The zero-order valence-corrected chi connectivity index (χ0v) is 17.8. The lowest BCUT2D eigenvalue weighted by Crippen LogP contribution is -2.30. The number of nitrogens with zero attached hydrogens (tertiary/aromatic N) is 2. The normalized spacial score (nSPS) is 10.9. The highest BCUT2D eigenvalue weighted by atomic mass is 35.5. The van der Waals surface area contributed by atoms with Crippen molar-refractivity contribution in [3.8, 4) is 5.75 Å². The molecule has 0 aliphatic heterocycles. The van der Waals surface area contributed by atoms with Gasteiger partial charge in [-0.15, -0.1) is 0 Å². The summed E-state index contributed by atoms with van der Waals surface area (Å²) in [6.07, 6.45) is 1.55. The lowest BCUT2D eigenvalue weighted by Gasteiger charge is -2.19. The van der Waals surface area contributed by atoms with Gasteiger partial charge in [0.25, 0.3) is 5.91 Å². The summed E-state index contributed by atoms with van der Waals surface area (Å²) in [5.74, 6) is 0.860. The van der Waals surface area contributed by atoms with Crippen LogP contribution in [0.4, 0.5) is 5.13 Å². The minimum absolute atomic E-state index is 0.0608. The smallest absolute Gasteiger partial charge is 0.260 e. The minimum Gasteiger partial charge on any atom is -0.494 e. The van der Waals surface area contributed by atoms with Crippen LogP contribution in [0.15, 0.2) is 59.2 Å². The second kappa shape index (κ2) is 8.30. The fraction of sp³-hybridized carbons (Fsp3) is 0.136. The van der Waals surface area contributed by atoms with Crippen LogP contribution in [0.3, 0.4) is 0 Å². The molecule has 0 aliphatic carbocycles. The van der Waals surface area contributed by atoms with Gasteiger partial charge in [0, 0.05) is 11.1 Å². The maximum absolute atomic E-state index is 13.4. The van der Waals surface area contributed by atoms with E-state index >= 15 is 0 Å². The lowest BCUT2D eigenvalue weighted by atomic mass is 10.1. The summed E-state index contributed by atoms with van der Waals surface area (Å²) in [6, 6.07) is 13.6. The van der Waals surface area contributed by atoms with E-state index in [1.807, 2.05) is 0 Å². The molecule has 4 aromatic rings. The van der Waals surface area contributed by atoms with E-state index in [0.717, 1.165) is 4.70 Å². The summed E-state index contributed by atoms with van der Waals surface area (Å²) in [5, 5.41) is 0.999. The summed E-state index contributed by atoms with van der Waals surface area (Å²) in [6.45, 7) is 1.68. The first-order valence-corrected chi connectivity index (χ1v) is 10.3. The van der Waals surface area contributed by atoms with Crippen LogP contribution in [0.1, 0.15) is 33.4 Å². The molecule has 30 heavy (non-hydrogen) atoms. The van der Waals surface area contributed by atoms with Crippen LogP contribution in [0.5, 0.6) is 5.75 Å². The number of Topliss-reactive ketones (excluding diaryl/α,β-unsaturated/α-hetero) is 1. The number of halogens is 1. The van der Waals surface area contributed by atoms with Crippen LogP contribution in [0, 0.1) is 0 Å². The number of thiazole rings is 1. The molecule has 8 heteroatoms. The fourth-order valence-electron chi connectivity index (χ4n) is 3.01. The second-order valence-electron chi connectivity index (χ2n) is 6.53. The Morgan fingerprint density at radius 1 is 1.13 bits per heavy atom. The molecule has 0 fully saturated rings. The molecule has 0 aliphatic rings. The molecule has 0 saturated heterocycles. The van der Waals surface area contributed by atoms with Crippen molar-refractivity contribution in [1.29, 1.82) is 0 Å². The molecule has 6 nitrogen and oxygen atoms in total. The van der Waals surface area contributed by atoms with Gasteiger partial charge >= 0.3 is 0 Å². The van der Waals surface area contributed by atoms with E-state index in [1.165, 1.54) is 23.2 Å². The van der Waals surface area contributed by atoms with Gasteiger partial charge in [0.15, 0.2) is 10.9 Å². The largest absolute Gasteiger partial charge is 0.494 e. The summed E-state index contributed by atoms with van der Waals surface area (Å²) < 4.78 is 11.6. The molecule has 2 aromatic carbocycles. The number of rotatable bonds is 6. The van der Waals surface area contributed by atoms with E-state index in [9.17, 15) is 9.59 Å². The Balaban J connectivity index is 1.78. The molecule has 0 spiro atoms. The van der Waals surface area contributed by atoms with Gasteiger partial charge in [-0.3, -0.25) is 14.5 Å². The minimum atomic E-state index is -0.268. The van der Waals surface area contributed by atoms with Crippen molar-refractivity contribution in [3.63, 3.8) is 0 Å². The number of hydrogen-bond donors (Lipinski definition) is 0. The number of furan rings is 1. The third-order valence-corrected chi connectivity index (χ3v) is 6.11. The highest BCUT2D eigenvalue weighted by Gasteiger charge is 2.24. The quantitative estimate of drug-likeness (QED) is 0.365. The van der Waals surface area contributed by atoms with Crippen LogP contribution >= 0.6 is 22.9 Å². The molecule has 4 rings (SSSR count). The van der Waals surface area contributed by atoms with Gasteiger partial charge in [0.2, 0.25) is 0 Å². The van der Waals surface area contributed by atoms with E-state index in [4.69, 9.17) is 20.8 Å². The number of ketones is 1. The predicted octanol–water partition coefficient (Wildman–Crippen LogP) is 5.60. The summed E-state index contributed by atoms with van der Waals surface area (Å²) >= 11 is 7.65. The molecule has 2 heterocycles. The number of anilines is 1. The van der Waals surface area contributed by atoms with Gasteiger partial charge < -0.3 is 9.15 Å². The second-order valence-corrected chi connectivity index (χ2v) is 7.91. The Labute approximate surface area is 181 Å². The van der Waals surface area contributed by atoms with Gasteiger partial charge in [0.1, 0.15) is 17.0 Å². The van der Waals surface area contributed by atoms with Crippen molar-refractivity contribution in [1.82, 2.24) is 4.98 Å². The SMILES string of the molecule is COc1ccc(Cl)c2sc(N(Cc3ccco3)C(=O)c3ccc(C(C)=O)cc3)nc12. The average molecular weight is 441 g/mol. The van der Waals surface area contributed by atoms with Gasteiger partial charge in [-0.1, -0.05) is 35.1 Å². The number of methoxy groups -OCH3 is 1. The van der Waals surface area contributed by atoms with Crippen molar-refractivity contribution in [2.75, 3.05) is 12.0 Å². The highest BCUT2D eigenvalue weighted by Crippen LogP contribution is 2.39. The van der Waals surface area contributed by atoms with Gasteiger partial charge in [-0.05, 0) is 43.3 Å². The first kappa shape index (κ1) is 20.1. The molecule has 0 bridgehead atoms. The molecule has 2 aromatic heterocycles. The monoisotopic (exact) mass is 440 g/mol. The highest BCUT2D eigenvalue weighted by molar-refractivity contribution is 7.23. The van der Waals surface area contributed by atoms with Crippen LogP contribution in [0.25, 0.3) is 10.2 Å². The summed E-state index contributed by atoms with van der Waals surface area (Å²) in [5.41, 5.74) is 1.57. The zero-order chi connectivity index (χ0) is 21.3. The number of benzene rings is 2. The maximum atomic E-state index is 13.4. The van der Waals surface area contributed by atoms with Crippen LogP contribution in [0.2, 0.25) is 5.02 Å². The number of hydrogen-bond acceptors (Lipinski definition) is 6. The molecule has 1 amide bonds. The molecule has 0 unspecified atom stereocenters. The predicted molar refractivity (Wildman–Crippen MR) is 117 cm³/mol. The molecular formula is C22H17ClN2O4S. The Morgan fingerprint density at radius 2 is 1.87 bits per heavy atom.